The number of benzene rings is 1. The third kappa shape index (κ3) is 5.13. The highest BCUT2D eigenvalue weighted by Crippen LogP contribution is 2.20. The fraction of sp³-hybridized carbons (Fsp3) is 0.500. The van der Waals surface area contributed by atoms with E-state index in [2.05, 4.69) is 0 Å². The zero-order valence-corrected chi connectivity index (χ0v) is 13.4. The van der Waals surface area contributed by atoms with Gasteiger partial charge in [-0.25, -0.2) is 8.42 Å². The average Bonchev–Trinajstić information content (AvgIpc) is 2.35. The van der Waals surface area contributed by atoms with E-state index in [1.165, 1.54) is 4.31 Å². The Balaban J connectivity index is 2.75. The molecule has 0 bridgehead atoms. The first-order chi connectivity index (χ1) is 9.36. The molecule has 0 aromatic heterocycles. The number of carbonyl (C=O) groups excluding carboxylic acids is 1. The van der Waals surface area contributed by atoms with Gasteiger partial charge in [0, 0.05) is 13.0 Å². The minimum Gasteiger partial charge on any atom is -0.281 e. The largest absolute Gasteiger partial charge is 0.281 e. The van der Waals surface area contributed by atoms with Gasteiger partial charge in [0.1, 0.15) is 0 Å². The van der Waals surface area contributed by atoms with Crippen molar-refractivity contribution in [2.45, 2.75) is 33.1 Å². The molecule has 0 aliphatic heterocycles. The number of nitrogens with zero attached hydrogens (tertiary/aromatic N) is 1. The van der Waals surface area contributed by atoms with Crippen molar-refractivity contribution in [3.05, 3.63) is 29.8 Å². The zero-order chi connectivity index (χ0) is 15.2. The van der Waals surface area contributed by atoms with Gasteiger partial charge in [0.15, 0.2) is 0 Å². The fourth-order valence-corrected chi connectivity index (χ4v) is 3.73. The van der Waals surface area contributed by atoms with Crippen LogP contribution in [0.15, 0.2) is 24.3 Å². The van der Waals surface area contributed by atoms with E-state index in [0.29, 0.717) is 25.1 Å². The minimum absolute atomic E-state index is 0.0267. The van der Waals surface area contributed by atoms with Crippen molar-refractivity contribution < 1.29 is 13.2 Å². The number of hydrogen-bond donors (Lipinski definition) is 0. The zero-order valence-electron chi connectivity index (χ0n) is 11.8. The molecule has 4 nitrogen and oxygen atoms in total. The molecule has 0 fully saturated rings. The predicted molar refractivity (Wildman–Crippen MR) is 82.7 cm³/mol. The van der Waals surface area contributed by atoms with E-state index in [4.69, 9.17) is 11.6 Å². The highest BCUT2D eigenvalue weighted by molar-refractivity contribution is 7.92. The highest BCUT2D eigenvalue weighted by atomic mass is 35.5. The molecular formula is C14H20ClNO3S. The summed E-state index contributed by atoms with van der Waals surface area (Å²) in [6.45, 7) is 4.12. The smallest absolute Gasteiger partial charge is 0.235 e. The molecule has 1 rings (SSSR count). The molecule has 0 aliphatic rings. The quantitative estimate of drug-likeness (QED) is 0.547. The Bertz CT molecular complexity index is 557. The summed E-state index contributed by atoms with van der Waals surface area (Å²) in [5, 5.41) is -0.423. The number of rotatable bonds is 8. The van der Waals surface area contributed by atoms with Crippen LogP contribution in [0.25, 0.3) is 0 Å². The summed E-state index contributed by atoms with van der Waals surface area (Å²) in [4.78, 5) is 10.6. The molecule has 0 spiro atoms. The van der Waals surface area contributed by atoms with Crippen molar-refractivity contribution in [1.29, 1.82) is 0 Å². The molecule has 0 amide bonds. The van der Waals surface area contributed by atoms with Gasteiger partial charge in [-0.15, -0.1) is 0 Å². The molecule has 0 aliphatic carbocycles. The van der Waals surface area contributed by atoms with Gasteiger partial charge in [-0.2, -0.15) is 0 Å². The maximum Gasteiger partial charge on any atom is 0.235 e. The van der Waals surface area contributed by atoms with Crippen LogP contribution < -0.4 is 4.31 Å². The van der Waals surface area contributed by atoms with Gasteiger partial charge in [-0.05, 0) is 56.0 Å². The molecule has 1 aromatic carbocycles. The van der Waals surface area contributed by atoms with Crippen molar-refractivity contribution in [2.75, 3.05) is 16.6 Å². The minimum atomic E-state index is -3.36. The molecule has 112 valence electrons. The first-order valence-electron chi connectivity index (χ1n) is 6.62. The molecule has 0 heterocycles. The second-order valence-corrected chi connectivity index (χ2v) is 7.07. The molecule has 0 radical (unpaired) electrons. The summed E-state index contributed by atoms with van der Waals surface area (Å²) in [6, 6.07) is 7.41. The summed E-state index contributed by atoms with van der Waals surface area (Å²) in [5.41, 5.74) is 1.70. The molecule has 0 unspecified atom stereocenters. The van der Waals surface area contributed by atoms with E-state index in [9.17, 15) is 13.2 Å². The molecule has 0 saturated carbocycles. The van der Waals surface area contributed by atoms with E-state index < -0.39 is 15.3 Å². The maximum atomic E-state index is 12.3. The van der Waals surface area contributed by atoms with Crippen LogP contribution in [0.4, 0.5) is 5.69 Å². The topological polar surface area (TPSA) is 54.5 Å². The maximum absolute atomic E-state index is 12.3. The summed E-state index contributed by atoms with van der Waals surface area (Å²) in [6.07, 6.45) is 1.14. The lowest BCUT2D eigenvalue weighted by Crippen LogP contribution is -2.32. The SMILES string of the molecule is CCN(c1cccc(C)c1)S(=O)(=O)CCCCC(=O)Cl. The van der Waals surface area contributed by atoms with E-state index >= 15 is 0 Å². The third-order valence-electron chi connectivity index (χ3n) is 2.94. The normalized spacial score (nSPS) is 11.3. The van der Waals surface area contributed by atoms with E-state index in [1.54, 1.807) is 6.07 Å². The van der Waals surface area contributed by atoms with Gasteiger partial charge in [-0.3, -0.25) is 9.10 Å². The highest BCUT2D eigenvalue weighted by Gasteiger charge is 2.20. The van der Waals surface area contributed by atoms with E-state index in [-0.39, 0.29) is 12.2 Å². The van der Waals surface area contributed by atoms with Crippen LogP contribution >= 0.6 is 11.6 Å². The third-order valence-corrected chi connectivity index (χ3v) is 5.07. The van der Waals surface area contributed by atoms with Crippen LogP contribution in [-0.2, 0) is 14.8 Å². The molecule has 20 heavy (non-hydrogen) atoms. The van der Waals surface area contributed by atoms with Gasteiger partial charge in [0.25, 0.3) is 0 Å². The number of sulfonamides is 1. The Hall–Kier alpha value is -1.07. The van der Waals surface area contributed by atoms with Crippen molar-refractivity contribution in [2.24, 2.45) is 0 Å². The van der Waals surface area contributed by atoms with Crippen molar-refractivity contribution >= 4 is 32.6 Å². The molecular weight excluding hydrogens is 298 g/mol. The number of halogens is 1. The Labute approximate surface area is 125 Å². The van der Waals surface area contributed by atoms with Gasteiger partial charge in [0.05, 0.1) is 11.4 Å². The Morgan fingerprint density at radius 2 is 2.00 bits per heavy atom. The number of anilines is 1. The average molecular weight is 318 g/mol. The lowest BCUT2D eigenvalue weighted by atomic mass is 10.2. The van der Waals surface area contributed by atoms with Crippen molar-refractivity contribution in [3.8, 4) is 0 Å². The van der Waals surface area contributed by atoms with Crippen molar-refractivity contribution in [1.82, 2.24) is 0 Å². The Kier molecular flexibility index (Phi) is 6.49. The standard InChI is InChI=1S/C14H20ClNO3S/c1-3-16(13-8-6-7-12(2)11-13)20(18,19)10-5-4-9-14(15)17/h6-8,11H,3-5,9-10H2,1-2H3. The van der Waals surface area contributed by atoms with E-state index in [0.717, 1.165) is 5.56 Å². The number of unbranched alkanes of at least 4 members (excludes halogenated alkanes) is 1. The van der Waals surface area contributed by atoms with Crippen LogP contribution in [-0.4, -0.2) is 26.0 Å². The number of aryl methyl sites for hydroxylation is 1. The number of carbonyl (C=O) groups is 1. The monoisotopic (exact) mass is 317 g/mol. The Morgan fingerprint density at radius 1 is 1.30 bits per heavy atom. The van der Waals surface area contributed by atoms with Crippen LogP contribution in [0.2, 0.25) is 0 Å². The fourth-order valence-electron chi connectivity index (χ4n) is 1.98. The van der Waals surface area contributed by atoms with Gasteiger partial charge in [0.2, 0.25) is 15.3 Å². The lowest BCUT2D eigenvalue weighted by molar-refractivity contribution is -0.111. The second-order valence-electron chi connectivity index (χ2n) is 4.63. The second kappa shape index (κ2) is 7.64. The van der Waals surface area contributed by atoms with Crippen LogP contribution in [0.3, 0.4) is 0 Å². The molecule has 0 saturated heterocycles. The summed E-state index contributed by atoms with van der Waals surface area (Å²) < 4.78 is 26.1. The molecule has 0 atom stereocenters. The van der Waals surface area contributed by atoms with Gasteiger partial charge >= 0.3 is 0 Å². The number of hydrogen-bond acceptors (Lipinski definition) is 3. The van der Waals surface area contributed by atoms with Crippen LogP contribution in [0, 0.1) is 6.92 Å². The molecule has 6 heteroatoms. The lowest BCUT2D eigenvalue weighted by Gasteiger charge is -2.23. The van der Waals surface area contributed by atoms with E-state index in [1.807, 2.05) is 32.0 Å². The van der Waals surface area contributed by atoms with Gasteiger partial charge in [-0.1, -0.05) is 12.1 Å². The summed E-state index contributed by atoms with van der Waals surface area (Å²) in [7, 11) is -3.36. The predicted octanol–water partition coefficient (Wildman–Crippen LogP) is 3.09. The summed E-state index contributed by atoms with van der Waals surface area (Å²) >= 11 is 5.23. The first kappa shape index (κ1) is 17.0. The molecule has 1 aromatic rings. The molecule has 0 N–H and O–H groups in total. The van der Waals surface area contributed by atoms with Crippen LogP contribution in [0.5, 0.6) is 0 Å². The van der Waals surface area contributed by atoms with Crippen molar-refractivity contribution in [3.63, 3.8) is 0 Å². The Morgan fingerprint density at radius 3 is 2.55 bits per heavy atom. The van der Waals surface area contributed by atoms with Gasteiger partial charge < -0.3 is 0 Å². The first-order valence-corrected chi connectivity index (χ1v) is 8.61. The summed E-state index contributed by atoms with van der Waals surface area (Å²) in [5.74, 6) is 0.0267. The van der Waals surface area contributed by atoms with Crippen LogP contribution in [0.1, 0.15) is 31.7 Å².